The van der Waals surface area contributed by atoms with Crippen molar-refractivity contribution in [2.24, 2.45) is 11.7 Å². The Morgan fingerprint density at radius 2 is 2.07 bits per heavy atom. The fraction of sp³-hybridized carbons (Fsp3) is 0.368. The SMILES string of the molecule is CCS(=O)(=O)c1cccc(C(=O)Nc2sc3c(c2C(N)=O)CC[C@@H](C)C3)c1. The van der Waals surface area contributed by atoms with Gasteiger partial charge >= 0.3 is 0 Å². The van der Waals surface area contributed by atoms with Gasteiger partial charge in [-0.25, -0.2) is 8.42 Å². The third kappa shape index (κ3) is 3.91. The molecule has 2 aromatic rings. The predicted molar refractivity (Wildman–Crippen MR) is 106 cm³/mol. The van der Waals surface area contributed by atoms with E-state index in [9.17, 15) is 18.0 Å². The molecule has 2 amide bonds. The number of primary amides is 1. The van der Waals surface area contributed by atoms with Crippen LogP contribution in [0.25, 0.3) is 0 Å². The maximum Gasteiger partial charge on any atom is 0.256 e. The standard InChI is InChI=1S/C19H22N2O4S2/c1-3-27(24,25)13-6-4-5-12(10-13)18(23)21-19-16(17(20)22)14-8-7-11(2)9-15(14)26-19/h4-6,10-11H,3,7-9H2,1-2H3,(H2,20,22)(H,21,23)/t11-/m1/s1. The molecule has 6 nitrogen and oxygen atoms in total. The molecule has 1 aliphatic rings. The summed E-state index contributed by atoms with van der Waals surface area (Å²) < 4.78 is 24.1. The van der Waals surface area contributed by atoms with Crippen molar-refractivity contribution in [1.29, 1.82) is 0 Å². The van der Waals surface area contributed by atoms with Crippen LogP contribution >= 0.6 is 11.3 Å². The highest BCUT2D eigenvalue weighted by atomic mass is 32.2. The zero-order valence-electron chi connectivity index (χ0n) is 15.2. The smallest absolute Gasteiger partial charge is 0.256 e. The van der Waals surface area contributed by atoms with Gasteiger partial charge in [-0.3, -0.25) is 9.59 Å². The van der Waals surface area contributed by atoms with E-state index in [-0.39, 0.29) is 16.2 Å². The van der Waals surface area contributed by atoms with E-state index >= 15 is 0 Å². The molecule has 27 heavy (non-hydrogen) atoms. The number of amides is 2. The molecule has 1 atom stereocenters. The first kappa shape index (κ1) is 19.6. The van der Waals surface area contributed by atoms with Crippen molar-refractivity contribution in [3.8, 4) is 0 Å². The number of anilines is 1. The van der Waals surface area contributed by atoms with Crippen molar-refractivity contribution >= 4 is 38.0 Å². The van der Waals surface area contributed by atoms with Crippen LogP contribution in [0.2, 0.25) is 0 Å². The molecule has 1 heterocycles. The molecule has 0 bridgehead atoms. The van der Waals surface area contributed by atoms with Gasteiger partial charge in [0.1, 0.15) is 5.00 Å². The Balaban J connectivity index is 1.93. The highest BCUT2D eigenvalue weighted by molar-refractivity contribution is 7.91. The van der Waals surface area contributed by atoms with E-state index in [1.165, 1.54) is 29.5 Å². The molecule has 1 aliphatic carbocycles. The average Bonchev–Trinajstić information content (AvgIpc) is 2.98. The third-order valence-corrected chi connectivity index (χ3v) is 7.72. The summed E-state index contributed by atoms with van der Waals surface area (Å²) in [6.07, 6.45) is 2.61. The molecule has 0 unspecified atom stereocenters. The third-order valence-electron chi connectivity index (χ3n) is 4.82. The van der Waals surface area contributed by atoms with Crippen molar-refractivity contribution in [3.63, 3.8) is 0 Å². The van der Waals surface area contributed by atoms with Crippen molar-refractivity contribution in [1.82, 2.24) is 0 Å². The minimum absolute atomic E-state index is 0.0419. The second-order valence-corrected chi connectivity index (χ2v) is 10.2. The first-order valence-corrected chi connectivity index (χ1v) is 11.3. The minimum Gasteiger partial charge on any atom is -0.365 e. The van der Waals surface area contributed by atoms with E-state index in [2.05, 4.69) is 12.2 Å². The van der Waals surface area contributed by atoms with Gasteiger partial charge < -0.3 is 11.1 Å². The van der Waals surface area contributed by atoms with E-state index in [1.807, 2.05) is 0 Å². The molecule has 0 saturated heterocycles. The molecule has 0 radical (unpaired) electrons. The highest BCUT2D eigenvalue weighted by Gasteiger charge is 2.27. The summed E-state index contributed by atoms with van der Waals surface area (Å²) in [5.41, 5.74) is 7.11. The lowest BCUT2D eigenvalue weighted by Gasteiger charge is -2.18. The molecule has 0 saturated carbocycles. The Bertz CT molecular complexity index is 1010. The van der Waals surface area contributed by atoms with Crippen molar-refractivity contribution in [2.45, 2.75) is 38.0 Å². The van der Waals surface area contributed by atoms with Gasteiger partial charge in [-0.1, -0.05) is 19.9 Å². The summed E-state index contributed by atoms with van der Waals surface area (Å²) in [7, 11) is -3.41. The van der Waals surface area contributed by atoms with Gasteiger partial charge in [0.2, 0.25) is 0 Å². The normalized spacial score (nSPS) is 16.6. The maximum atomic E-state index is 12.7. The number of hydrogen-bond donors (Lipinski definition) is 2. The van der Waals surface area contributed by atoms with E-state index in [4.69, 9.17) is 5.73 Å². The van der Waals surface area contributed by atoms with Crippen LogP contribution < -0.4 is 11.1 Å². The Kier molecular flexibility index (Phi) is 5.39. The Morgan fingerprint density at radius 3 is 2.74 bits per heavy atom. The van der Waals surface area contributed by atoms with Crippen LogP contribution in [0.1, 0.15) is 51.4 Å². The van der Waals surface area contributed by atoms with Crippen LogP contribution in [0, 0.1) is 5.92 Å². The Labute approximate surface area is 162 Å². The molecule has 8 heteroatoms. The van der Waals surface area contributed by atoms with Crippen molar-refractivity contribution in [3.05, 3.63) is 45.8 Å². The number of carbonyl (C=O) groups excluding carboxylic acids is 2. The molecule has 0 fully saturated rings. The number of sulfone groups is 1. The summed E-state index contributed by atoms with van der Waals surface area (Å²) in [5.74, 6) is -0.534. The summed E-state index contributed by atoms with van der Waals surface area (Å²) in [6.45, 7) is 3.71. The molecular formula is C19H22N2O4S2. The van der Waals surface area contributed by atoms with Gasteiger partial charge in [0, 0.05) is 10.4 Å². The van der Waals surface area contributed by atoms with Crippen LogP contribution in [0.15, 0.2) is 29.2 Å². The number of fused-ring (bicyclic) bond motifs is 1. The number of nitrogens with one attached hydrogen (secondary N) is 1. The highest BCUT2D eigenvalue weighted by Crippen LogP contribution is 2.39. The van der Waals surface area contributed by atoms with E-state index in [1.54, 1.807) is 13.0 Å². The Morgan fingerprint density at radius 1 is 1.33 bits per heavy atom. The van der Waals surface area contributed by atoms with Gasteiger partial charge in [0.05, 0.1) is 16.2 Å². The second kappa shape index (κ2) is 7.44. The molecule has 0 spiro atoms. The van der Waals surface area contributed by atoms with E-state index in [0.717, 1.165) is 29.7 Å². The number of hydrogen-bond acceptors (Lipinski definition) is 5. The van der Waals surface area contributed by atoms with Crippen molar-refractivity contribution in [2.75, 3.05) is 11.1 Å². The number of thiophene rings is 1. The lowest BCUT2D eigenvalue weighted by atomic mass is 9.88. The largest absolute Gasteiger partial charge is 0.365 e. The van der Waals surface area contributed by atoms with Gasteiger partial charge in [-0.2, -0.15) is 0 Å². The first-order chi connectivity index (χ1) is 12.7. The lowest BCUT2D eigenvalue weighted by Crippen LogP contribution is -2.19. The predicted octanol–water partition coefficient (Wildman–Crippen LogP) is 3.02. The fourth-order valence-corrected chi connectivity index (χ4v) is 5.61. The van der Waals surface area contributed by atoms with Gasteiger partial charge in [-0.05, 0) is 48.9 Å². The number of rotatable bonds is 5. The summed E-state index contributed by atoms with van der Waals surface area (Å²) >= 11 is 1.38. The zero-order chi connectivity index (χ0) is 19.8. The molecule has 0 aliphatic heterocycles. The molecule has 1 aromatic heterocycles. The van der Waals surface area contributed by atoms with Crippen LogP contribution in [0.3, 0.4) is 0 Å². The number of carbonyl (C=O) groups is 2. The van der Waals surface area contributed by atoms with Gasteiger partial charge in [0.15, 0.2) is 9.84 Å². The monoisotopic (exact) mass is 406 g/mol. The minimum atomic E-state index is -3.41. The molecular weight excluding hydrogens is 384 g/mol. The fourth-order valence-electron chi connectivity index (χ4n) is 3.27. The number of benzene rings is 1. The van der Waals surface area contributed by atoms with E-state index in [0.29, 0.717) is 16.5 Å². The van der Waals surface area contributed by atoms with Gasteiger partial charge in [-0.15, -0.1) is 11.3 Å². The first-order valence-electron chi connectivity index (χ1n) is 8.81. The lowest BCUT2D eigenvalue weighted by molar-refractivity contribution is 0.1000. The Hall–Kier alpha value is -2.19. The molecule has 3 rings (SSSR count). The zero-order valence-corrected chi connectivity index (χ0v) is 16.9. The number of nitrogens with two attached hydrogens (primary N) is 1. The quantitative estimate of drug-likeness (QED) is 0.796. The van der Waals surface area contributed by atoms with Crippen LogP contribution in [0.4, 0.5) is 5.00 Å². The maximum absolute atomic E-state index is 12.7. The van der Waals surface area contributed by atoms with Crippen LogP contribution in [-0.4, -0.2) is 26.0 Å². The summed E-state index contributed by atoms with van der Waals surface area (Å²) in [5, 5.41) is 3.20. The molecule has 144 valence electrons. The average molecular weight is 407 g/mol. The summed E-state index contributed by atoms with van der Waals surface area (Å²) in [4.78, 5) is 25.8. The van der Waals surface area contributed by atoms with E-state index < -0.39 is 21.7 Å². The summed E-state index contributed by atoms with van der Waals surface area (Å²) in [6, 6.07) is 5.90. The second-order valence-electron chi connectivity index (χ2n) is 6.81. The van der Waals surface area contributed by atoms with Gasteiger partial charge in [0.25, 0.3) is 11.8 Å². The molecule has 1 aromatic carbocycles. The topological polar surface area (TPSA) is 106 Å². The van der Waals surface area contributed by atoms with Crippen LogP contribution in [-0.2, 0) is 22.7 Å². The van der Waals surface area contributed by atoms with Crippen molar-refractivity contribution < 1.29 is 18.0 Å². The van der Waals surface area contributed by atoms with Crippen LogP contribution in [0.5, 0.6) is 0 Å². The molecule has 3 N–H and O–H groups in total.